The number of allylic oxidation sites excluding steroid dienone is 1. The fourth-order valence-corrected chi connectivity index (χ4v) is 1.56. The van der Waals surface area contributed by atoms with E-state index in [4.69, 9.17) is 0 Å². The molecule has 1 nitrogen and oxygen atoms in total. The van der Waals surface area contributed by atoms with Crippen LogP contribution < -0.4 is 5.32 Å². The normalized spacial score (nSPS) is 27.2. The van der Waals surface area contributed by atoms with Gasteiger partial charge in [-0.3, -0.25) is 0 Å². The van der Waals surface area contributed by atoms with Crippen molar-refractivity contribution in [1.29, 1.82) is 0 Å². The van der Waals surface area contributed by atoms with Gasteiger partial charge in [-0.1, -0.05) is 31.1 Å². The molecule has 0 aliphatic heterocycles. The molecule has 0 aromatic heterocycles. The predicted octanol–water partition coefficient (Wildman–Crippen LogP) is 2.65. The Morgan fingerprint density at radius 2 is 2.33 bits per heavy atom. The van der Waals surface area contributed by atoms with Crippen LogP contribution in [-0.4, -0.2) is 12.6 Å². The first-order valence-electron chi connectivity index (χ1n) is 4.94. The van der Waals surface area contributed by atoms with E-state index in [1.54, 1.807) is 0 Å². The van der Waals surface area contributed by atoms with E-state index in [0.717, 1.165) is 6.54 Å². The largest absolute Gasteiger partial charge is 0.307 e. The SMILES string of the molecule is C=CCNC1/C=C\CCCCC1. The lowest BCUT2D eigenvalue weighted by Crippen LogP contribution is -2.27. The molecule has 0 fully saturated rings. The van der Waals surface area contributed by atoms with Crippen molar-refractivity contribution in [3.63, 3.8) is 0 Å². The topological polar surface area (TPSA) is 12.0 Å². The molecular weight excluding hydrogens is 146 g/mol. The summed E-state index contributed by atoms with van der Waals surface area (Å²) in [6, 6.07) is 0.586. The van der Waals surface area contributed by atoms with Gasteiger partial charge in [-0.05, 0) is 19.3 Å². The van der Waals surface area contributed by atoms with Crippen molar-refractivity contribution in [3.8, 4) is 0 Å². The zero-order valence-electron chi connectivity index (χ0n) is 7.76. The van der Waals surface area contributed by atoms with Crippen LogP contribution in [0, 0.1) is 0 Å². The number of rotatable bonds is 3. The van der Waals surface area contributed by atoms with Crippen molar-refractivity contribution >= 4 is 0 Å². The zero-order chi connectivity index (χ0) is 8.65. The highest BCUT2D eigenvalue weighted by molar-refractivity contribution is 4.95. The Morgan fingerprint density at radius 3 is 3.17 bits per heavy atom. The molecule has 1 aliphatic carbocycles. The Balaban J connectivity index is 2.27. The molecule has 0 bridgehead atoms. The van der Waals surface area contributed by atoms with Gasteiger partial charge in [0.25, 0.3) is 0 Å². The van der Waals surface area contributed by atoms with Crippen molar-refractivity contribution in [2.24, 2.45) is 0 Å². The van der Waals surface area contributed by atoms with Gasteiger partial charge in [0.2, 0.25) is 0 Å². The summed E-state index contributed by atoms with van der Waals surface area (Å²) in [6.07, 6.45) is 13.2. The van der Waals surface area contributed by atoms with Gasteiger partial charge in [0.1, 0.15) is 0 Å². The van der Waals surface area contributed by atoms with Gasteiger partial charge in [0.15, 0.2) is 0 Å². The van der Waals surface area contributed by atoms with Gasteiger partial charge < -0.3 is 5.32 Å². The Morgan fingerprint density at radius 1 is 1.42 bits per heavy atom. The van der Waals surface area contributed by atoms with Crippen LogP contribution in [-0.2, 0) is 0 Å². The minimum atomic E-state index is 0.586. The quantitative estimate of drug-likeness (QED) is 0.634. The van der Waals surface area contributed by atoms with Crippen molar-refractivity contribution in [2.75, 3.05) is 6.54 Å². The molecule has 0 aromatic carbocycles. The zero-order valence-corrected chi connectivity index (χ0v) is 7.76. The van der Waals surface area contributed by atoms with E-state index in [2.05, 4.69) is 24.0 Å². The van der Waals surface area contributed by atoms with Crippen LogP contribution in [0.5, 0.6) is 0 Å². The fourth-order valence-electron chi connectivity index (χ4n) is 1.56. The van der Waals surface area contributed by atoms with E-state index in [1.807, 2.05) is 6.08 Å². The minimum Gasteiger partial charge on any atom is -0.307 e. The van der Waals surface area contributed by atoms with Gasteiger partial charge in [0.05, 0.1) is 0 Å². The van der Waals surface area contributed by atoms with Crippen LogP contribution in [0.3, 0.4) is 0 Å². The highest BCUT2D eigenvalue weighted by Gasteiger charge is 2.03. The van der Waals surface area contributed by atoms with Crippen LogP contribution in [0.1, 0.15) is 32.1 Å². The summed E-state index contributed by atoms with van der Waals surface area (Å²) in [7, 11) is 0. The van der Waals surface area contributed by atoms with E-state index in [0.29, 0.717) is 6.04 Å². The van der Waals surface area contributed by atoms with Crippen LogP contribution in [0.4, 0.5) is 0 Å². The molecule has 1 atom stereocenters. The molecular formula is C11H19N. The summed E-state index contributed by atoms with van der Waals surface area (Å²) in [6.45, 7) is 4.63. The highest BCUT2D eigenvalue weighted by Crippen LogP contribution is 2.11. The molecule has 0 saturated heterocycles. The van der Waals surface area contributed by atoms with Gasteiger partial charge >= 0.3 is 0 Å². The van der Waals surface area contributed by atoms with Crippen molar-refractivity contribution in [2.45, 2.75) is 38.1 Å². The summed E-state index contributed by atoms with van der Waals surface area (Å²) < 4.78 is 0. The second-order valence-electron chi connectivity index (χ2n) is 3.37. The van der Waals surface area contributed by atoms with Gasteiger partial charge in [-0.2, -0.15) is 0 Å². The molecule has 0 spiro atoms. The lowest BCUT2D eigenvalue weighted by molar-refractivity contribution is 0.528. The van der Waals surface area contributed by atoms with E-state index in [-0.39, 0.29) is 0 Å². The number of hydrogen-bond acceptors (Lipinski definition) is 1. The highest BCUT2D eigenvalue weighted by atomic mass is 14.9. The summed E-state index contributed by atoms with van der Waals surface area (Å²) in [5.74, 6) is 0. The van der Waals surface area contributed by atoms with Crippen molar-refractivity contribution in [1.82, 2.24) is 5.32 Å². The summed E-state index contributed by atoms with van der Waals surface area (Å²) in [5, 5.41) is 3.43. The van der Waals surface area contributed by atoms with Crippen LogP contribution in [0.25, 0.3) is 0 Å². The first kappa shape index (κ1) is 9.53. The van der Waals surface area contributed by atoms with E-state index in [1.165, 1.54) is 32.1 Å². The van der Waals surface area contributed by atoms with E-state index >= 15 is 0 Å². The summed E-state index contributed by atoms with van der Waals surface area (Å²) >= 11 is 0. The third kappa shape index (κ3) is 3.72. The molecule has 0 saturated carbocycles. The molecule has 0 heterocycles. The second kappa shape index (κ2) is 6.01. The minimum absolute atomic E-state index is 0.586. The molecule has 0 amide bonds. The van der Waals surface area contributed by atoms with Gasteiger partial charge in [0, 0.05) is 12.6 Å². The van der Waals surface area contributed by atoms with Crippen LogP contribution >= 0.6 is 0 Å². The Labute approximate surface area is 75.6 Å². The monoisotopic (exact) mass is 165 g/mol. The fraction of sp³-hybridized carbons (Fsp3) is 0.636. The van der Waals surface area contributed by atoms with Crippen LogP contribution in [0.2, 0.25) is 0 Å². The summed E-state index contributed by atoms with van der Waals surface area (Å²) in [4.78, 5) is 0. The average molecular weight is 165 g/mol. The Kier molecular flexibility index (Phi) is 4.77. The first-order valence-corrected chi connectivity index (χ1v) is 4.94. The molecule has 1 rings (SSSR count). The summed E-state index contributed by atoms with van der Waals surface area (Å²) in [5.41, 5.74) is 0. The lowest BCUT2D eigenvalue weighted by atomic mass is 10.0. The number of nitrogens with one attached hydrogen (secondary N) is 1. The predicted molar refractivity (Wildman–Crippen MR) is 54.2 cm³/mol. The van der Waals surface area contributed by atoms with E-state index < -0.39 is 0 Å². The van der Waals surface area contributed by atoms with Crippen LogP contribution in [0.15, 0.2) is 24.8 Å². The van der Waals surface area contributed by atoms with Crippen molar-refractivity contribution < 1.29 is 0 Å². The molecule has 1 heteroatoms. The molecule has 68 valence electrons. The molecule has 1 N–H and O–H groups in total. The third-order valence-electron chi connectivity index (χ3n) is 2.28. The lowest BCUT2D eigenvalue weighted by Gasteiger charge is -2.15. The van der Waals surface area contributed by atoms with E-state index in [9.17, 15) is 0 Å². The second-order valence-corrected chi connectivity index (χ2v) is 3.37. The first-order chi connectivity index (χ1) is 5.93. The number of hydrogen-bond donors (Lipinski definition) is 1. The smallest absolute Gasteiger partial charge is 0.0252 e. The van der Waals surface area contributed by atoms with Crippen molar-refractivity contribution in [3.05, 3.63) is 24.8 Å². The molecule has 12 heavy (non-hydrogen) atoms. The molecule has 1 aliphatic rings. The molecule has 0 aromatic rings. The molecule has 0 radical (unpaired) electrons. The van der Waals surface area contributed by atoms with Gasteiger partial charge in [-0.15, -0.1) is 6.58 Å². The maximum absolute atomic E-state index is 3.70. The Hall–Kier alpha value is -0.560. The van der Waals surface area contributed by atoms with Gasteiger partial charge in [-0.25, -0.2) is 0 Å². The standard InChI is InChI=1S/C11H19N/c1-2-10-12-11-8-6-4-3-5-7-9-11/h2,6,8,11-12H,1,3-5,7,9-10H2/b8-6-. The average Bonchev–Trinajstić information content (AvgIpc) is 2.02. The molecule has 1 unspecified atom stereocenters. The Bertz CT molecular complexity index is 149. The third-order valence-corrected chi connectivity index (χ3v) is 2.28. The maximum atomic E-state index is 3.70. The maximum Gasteiger partial charge on any atom is 0.0252 e.